The van der Waals surface area contributed by atoms with E-state index >= 15 is 0 Å². The number of amides is 1. The van der Waals surface area contributed by atoms with Crippen molar-refractivity contribution in [3.63, 3.8) is 0 Å². The average Bonchev–Trinajstić information content (AvgIpc) is 2.98. The molecule has 1 amide bonds. The molecular formula is C16H20N4O3S. The minimum Gasteiger partial charge on any atom is -0.497 e. The minimum atomic E-state index is -0.145. The van der Waals surface area contributed by atoms with Crippen LogP contribution >= 0.6 is 11.8 Å². The summed E-state index contributed by atoms with van der Waals surface area (Å²) in [5.74, 6) is 2.02. The van der Waals surface area contributed by atoms with Crippen LogP contribution in [0.2, 0.25) is 0 Å². The molecule has 1 aliphatic rings. The summed E-state index contributed by atoms with van der Waals surface area (Å²) in [4.78, 5) is 16.5. The summed E-state index contributed by atoms with van der Waals surface area (Å²) in [5.41, 5.74) is 0.794. The van der Waals surface area contributed by atoms with E-state index in [2.05, 4.69) is 20.5 Å². The highest BCUT2D eigenvalue weighted by molar-refractivity contribution is 8.00. The summed E-state index contributed by atoms with van der Waals surface area (Å²) < 4.78 is 10.6. The molecule has 3 rings (SSSR count). The van der Waals surface area contributed by atoms with Crippen LogP contribution in [0.5, 0.6) is 11.5 Å². The number of carbonyl (C=O) groups excluding carboxylic acids is 1. The summed E-state index contributed by atoms with van der Waals surface area (Å²) in [5, 5.41) is 10.5. The van der Waals surface area contributed by atoms with Crippen molar-refractivity contribution < 1.29 is 14.3 Å². The molecule has 8 heteroatoms. The van der Waals surface area contributed by atoms with E-state index in [9.17, 15) is 4.79 Å². The molecule has 0 bridgehead atoms. The van der Waals surface area contributed by atoms with E-state index in [-0.39, 0.29) is 11.2 Å². The van der Waals surface area contributed by atoms with Crippen LogP contribution in [0.1, 0.15) is 19.3 Å². The predicted molar refractivity (Wildman–Crippen MR) is 91.4 cm³/mol. The summed E-state index contributed by atoms with van der Waals surface area (Å²) in [7, 11) is 3.20. The lowest BCUT2D eigenvalue weighted by atomic mass is 10.2. The molecule has 128 valence electrons. The van der Waals surface area contributed by atoms with Gasteiger partial charge in [0.25, 0.3) is 0 Å². The molecule has 0 radical (unpaired) electrons. The van der Waals surface area contributed by atoms with E-state index in [0.717, 1.165) is 31.4 Å². The van der Waals surface area contributed by atoms with Gasteiger partial charge in [-0.3, -0.25) is 9.89 Å². The number of methoxy groups -OCH3 is 2. The molecule has 1 unspecified atom stereocenters. The number of aromatic amines is 1. The molecule has 1 aromatic carbocycles. The first-order valence-electron chi connectivity index (χ1n) is 7.80. The zero-order valence-corrected chi connectivity index (χ0v) is 14.5. The number of rotatable bonds is 5. The molecule has 7 nitrogen and oxygen atoms in total. The Bertz CT molecular complexity index is 719. The molecule has 1 atom stereocenters. The van der Waals surface area contributed by atoms with Gasteiger partial charge in [0, 0.05) is 12.6 Å². The van der Waals surface area contributed by atoms with Gasteiger partial charge in [-0.2, -0.15) is 0 Å². The van der Waals surface area contributed by atoms with Crippen molar-refractivity contribution in [1.29, 1.82) is 0 Å². The van der Waals surface area contributed by atoms with E-state index in [0.29, 0.717) is 22.5 Å². The number of aromatic nitrogens is 3. The second-order valence-electron chi connectivity index (χ2n) is 5.43. The summed E-state index contributed by atoms with van der Waals surface area (Å²) >= 11 is 1.39. The number of nitrogens with zero attached hydrogens (tertiary/aromatic N) is 2. The van der Waals surface area contributed by atoms with Gasteiger partial charge in [0.15, 0.2) is 5.82 Å². The highest BCUT2D eigenvalue weighted by atomic mass is 32.2. The van der Waals surface area contributed by atoms with Gasteiger partial charge in [0.1, 0.15) is 11.5 Å². The molecule has 1 aliphatic heterocycles. The number of thioether (sulfide) groups is 1. The molecular weight excluding hydrogens is 328 g/mol. The third-order valence-electron chi connectivity index (χ3n) is 3.86. The molecule has 2 heterocycles. The number of nitrogens with one attached hydrogen (secondary N) is 2. The van der Waals surface area contributed by atoms with Crippen LogP contribution in [0.4, 0.5) is 0 Å². The summed E-state index contributed by atoms with van der Waals surface area (Å²) in [6.07, 6.45) is 2.89. The van der Waals surface area contributed by atoms with E-state index < -0.39 is 0 Å². The standard InChI is InChI=1S/C16H20N4O3S/c1-22-10-6-7-11(12(9-10)23-2)14-18-16(20-19-14)24-13-5-3-4-8-17-15(13)21/h6-7,9,13H,3-5,8H2,1-2H3,(H,17,21)(H,18,19,20). The molecule has 0 spiro atoms. The van der Waals surface area contributed by atoms with Crippen LogP contribution in [0.3, 0.4) is 0 Å². The normalized spacial score (nSPS) is 17.9. The quantitative estimate of drug-likeness (QED) is 0.861. The van der Waals surface area contributed by atoms with E-state index in [1.807, 2.05) is 12.1 Å². The first-order valence-corrected chi connectivity index (χ1v) is 8.68. The van der Waals surface area contributed by atoms with Gasteiger partial charge >= 0.3 is 0 Å². The van der Waals surface area contributed by atoms with E-state index in [1.165, 1.54) is 11.8 Å². The van der Waals surface area contributed by atoms with Crippen molar-refractivity contribution >= 4 is 17.7 Å². The number of carbonyl (C=O) groups is 1. The Kier molecular flexibility index (Phi) is 5.24. The van der Waals surface area contributed by atoms with Crippen LogP contribution in [0, 0.1) is 0 Å². The lowest BCUT2D eigenvalue weighted by molar-refractivity contribution is -0.120. The molecule has 1 saturated heterocycles. The van der Waals surface area contributed by atoms with Gasteiger partial charge in [-0.1, -0.05) is 18.2 Å². The Labute approximate surface area is 144 Å². The van der Waals surface area contributed by atoms with Gasteiger partial charge in [-0.05, 0) is 25.0 Å². The number of benzene rings is 1. The van der Waals surface area contributed by atoms with Gasteiger partial charge in [-0.15, -0.1) is 5.10 Å². The van der Waals surface area contributed by atoms with Crippen molar-refractivity contribution in [3.8, 4) is 22.9 Å². The largest absolute Gasteiger partial charge is 0.497 e. The fraction of sp³-hybridized carbons (Fsp3) is 0.438. The first-order chi connectivity index (χ1) is 11.7. The third kappa shape index (κ3) is 3.64. The zero-order valence-electron chi connectivity index (χ0n) is 13.7. The van der Waals surface area contributed by atoms with Crippen molar-refractivity contribution in [1.82, 2.24) is 20.5 Å². The Balaban J connectivity index is 1.79. The SMILES string of the molecule is COc1ccc(-c2nc(SC3CCCCNC3=O)n[nH]2)c(OC)c1. The van der Waals surface area contributed by atoms with Crippen molar-refractivity contribution in [2.24, 2.45) is 0 Å². The smallest absolute Gasteiger partial charge is 0.233 e. The van der Waals surface area contributed by atoms with E-state index in [4.69, 9.17) is 9.47 Å². The Morgan fingerprint density at radius 3 is 2.92 bits per heavy atom. The number of hydrogen-bond donors (Lipinski definition) is 2. The topological polar surface area (TPSA) is 89.1 Å². The van der Waals surface area contributed by atoms with Gasteiger partial charge < -0.3 is 14.8 Å². The average molecular weight is 348 g/mol. The maximum absolute atomic E-state index is 12.0. The maximum atomic E-state index is 12.0. The Morgan fingerprint density at radius 2 is 2.12 bits per heavy atom. The number of H-pyrrole nitrogens is 1. The maximum Gasteiger partial charge on any atom is 0.233 e. The Hall–Kier alpha value is -2.22. The predicted octanol–water partition coefficient (Wildman–Crippen LogP) is 2.25. The van der Waals surface area contributed by atoms with Gasteiger partial charge in [0.05, 0.1) is 25.0 Å². The summed E-state index contributed by atoms with van der Waals surface area (Å²) in [6.45, 7) is 0.748. The van der Waals surface area contributed by atoms with Gasteiger partial charge in [0.2, 0.25) is 11.1 Å². The second-order valence-corrected chi connectivity index (χ2v) is 6.60. The lowest BCUT2D eigenvalue weighted by Gasteiger charge is -2.09. The van der Waals surface area contributed by atoms with Crippen molar-refractivity contribution in [3.05, 3.63) is 18.2 Å². The fourth-order valence-electron chi connectivity index (χ4n) is 2.56. The Morgan fingerprint density at radius 1 is 1.25 bits per heavy atom. The van der Waals surface area contributed by atoms with Crippen LogP contribution in [0.15, 0.2) is 23.4 Å². The van der Waals surface area contributed by atoms with Crippen LogP contribution in [-0.4, -0.2) is 47.1 Å². The van der Waals surface area contributed by atoms with Gasteiger partial charge in [-0.25, -0.2) is 4.98 Å². The highest BCUT2D eigenvalue weighted by Gasteiger charge is 2.24. The van der Waals surface area contributed by atoms with Crippen molar-refractivity contribution in [2.75, 3.05) is 20.8 Å². The summed E-state index contributed by atoms with van der Waals surface area (Å²) in [6, 6.07) is 5.50. The highest BCUT2D eigenvalue weighted by Crippen LogP contribution is 2.33. The number of ether oxygens (including phenoxy) is 2. The third-order valence-corrected chi connectivity index (χ3v) is 4.99. The second kappa shape index (κ2) is 7.57. The fourth-order valence-corrected chi connectivity index (χ4v) is 3.54. The molecule has 24 heavy (non-hydrogen) atoms. The molecule has 2 aromatic rings. The van der Waals surface area contributed by atoms with E-state index in [1.54, 1.807) is 20.3 Å². The van der Waals surface area contributed by atoms with Crippen LogP contribution in [0.25, 0.3) is 11.4 Å². The van der Waals surface area contributed by atoms with Crippen molar-refractivity contribution in [2.45, 2.75) is 29.7 Å². The lowest BCUT2D eigenvalue weighted by Crippen LogP contribution is -2.30. The first kappa shape index (κ1) is 16.6. The minimum absolute atomic E-state index is 0.0610. The molecule has 2 N–H and O–H groups in total. The molecule has 0 aliphatic carbocycles. The monoisotopic (exact) mass is 348 g/mol. The number of hydrogen-bond acceptors (Lipinski definition) is 6. The molecule has 1 fully saturated rings. The zero-order chi connectivity index (χ0) is 16.9. The van der Waals surface area contributed by atoms with Crippen LogP contribution < -0.4 is 14.8 Å². The molecule has 0 saturated carbocycles. The van der Waals surface area contributed by atoms with Crippen LogP contribution in [-0.2, 0) is 4.79 Å². The molecule has 1 aromatic heterocycles.